The van der Waals surface area contributed by atoms with Crippen molar-refractivity contribution in [2.75, 3.05) is 33.7 Å². The van der Waals surface area contributed by atoms with Crippen molar-refractivity contribution >= 4 is 23.2 Å². The predicted molar refractivity (Wildman–Crippen MR) is 84.0 cm³/mol. The number of carbonyl (C=O) groups excluding carboxylic acids is 2. The van der Waals surface area contributed by atoms with E-state index in [0.29, 0.717) is 13.1 Å². The molecule has 5 nitrogen and oxygen atoms in total. The van der Waals surface area contributed by atoms with Gasteiger partial charge in [0.2, 0.25) is 11.8 Å². The van der Waals surface area contributed by atoms with Crippen LogP contribution in [0.5, 0.6) is 0 Å². The topological polar surface area (TPSA) is 52.7 Å². The molecule has 0 aromatic carbocycles. The van der Waals surface area contributed by atoms with Crippen LogP contribution in [0.3, 0.4) is 0 Å². The van der Waals surface area contributed by atoms with Gasteiger partial charge in [-0.1, -0.05) is 6.07 Å². The van der Waals surface area contributed by atoms with E-state index < -0.39 is 0 Å². The van der Waals surface area contributed by atoms with E-state index in [-0.39, 0.29) is 17.7 Å². The maximum absolute atomic E-state index is 11.9. The van der Waals surface area contributed by atoms with Crippen LogP contribution in [-0.2, 0) is 16.1 Å². The number of amides is 2. The molecule has 0 atom stereocenters. The van der Waals surface area contributed by atoms with Crippen LogP contribution in [-0.4, -0.2) is 55.3 Å². The first-order valence-electron chi connectivity index (χ1n) is 7.29. The molecule has 0 bridgehead atoms. The molecule has 0 saturated carbocycles. The fourth-order valence-corrected chi connectivity index (χ4v) is 3.21. The largest absolute Gasteiger partial charge is 0.350 e. The van der Waals surface area contributed by atoms with E-state index in [1.54, 1.807) is 30.3 Å². The lowest BCUT2D eigenvalue weighted by Gasteiger charge is -2.31. The second-order valence-corrected chi connectivity index (χ2v) is 6.67. The van der Waals surface area contributed by atoms with Crippen LogP contribution < -0.4 is 5.32 Å². The Morgan fingerprint density at radius 1 is 1.38 bits per heavy atom. The Morgan fingerprint density at radius 3 is 2.67 bits per heavy atom. The molecule has 2 rings (SSSR count). The Bertz CT molecular complexity index is 465. The highest BCUT2D eigenvalue weighted by Crippen LogP contribution is 2.18. The van der Waals surface area contributed by atoms with Crippen LogP contribution in [0.15, 0.2) is 17.5 Å². The molecule has 1 aliphatic heterocycles. The zero-order valence-electron chi connectivity index (χ0n) is 12.7. The van der Waals surface area contributed by atoms with Crippen molar-refractivity contribution in [3.63, 3.8) is 0 Å². The molecule has 1 N–H and O–H groups in total. The van der Waals surface area contributed by atoms with Crippen molar-refractivity contribution < 1.29 is 9.59 Å². The van der Waals surface area contributed by atoms with Gasteiger partial charge in [-0.15, -0.1) is 11.3 Å². The molecule has 2 amide bonds. The smallest absolute Gasteiger partial charge is 0.234 e. The number of hydrogen-bond acceptors (Lipinski definition) is 4. The monoisotopic (exact) mass is 309 g/mol. The zero-order chi connectivity index (χ0) is 15.2. The molecule has 1 fully saturated rings. The molecule has 0 spiro atoms. The Morgan fingerprint density at radius 2 is 2.10 bits per heavy atom. The summed E-state index contributed by atoms with van der Waals surface area (Å²) in [6, 6.07) is 4.00. The lowest BCUT2D eigenvalue weighted by atomic mass is 9.95. The summed E-state index contributed by atoms with van der Waals surface area (Å²) in [6.07, 6.45) is 1.68. The van der Waals surface area contributed by atoms with Crippen LogP contribution in [0.25, 0.3) is 0 Å². The van der Waals surface area contributed by atoms with Gasteiger partial charge in [-0.25, -0.2) is 0 Å². The van der Waals surface area contributed by atoms with Crippen LogP contribution >= 0.6 is 11.3 Å². The van der Waals surface area contributed by atoms with Crippen LogP contribution in [0.2, 0.25) is 0 Å². The number of nitrogens with zero attached hydrogens (tertiary/aromatic N) is 2. The Balaban J connectivity index is 1.68. The number of hydrogen-bond donors (Lipinski definition) is 1. The number of rotatable bonds is 5. The first kappa shape index (κ1) is 16.0. The van der Waals surface area contributed by atoms with E-state index in [1.165, 1.54) is 4.88 Å². The molecular weight excluding hydrogens is 286 g/mol. The lowest BCUT2D eigenvalue weighted by molar-refractivity contribution is -0.134. The Kier molecular flexibility index (Phi) is 5.76. The van der Waals surface area contributed by atoms with Crippen molar-refractivity contribution in [1.82, 2.24) is 15.1 Å². The quantitative estimate of drug-likeness (QED) is 0.888. The molecule has 1 aromatic rings. The van der Waals surface area contributed by atoms with E-state index in [1.807, 2.05) is 17.5 Å². The molecule has 0 unspecified atom stereocenters. The summed E-state index contributed by atoms with van der Waals surface area (Å²) in [5.74, 6) is 0.378. The zero-order valence-corrected chi connectivity index (χ0v) is 13.5. The molecule has 0 aliphatic carbocycles. The fraction of sp³-hybridized carbons (Fsp3) is 0.600. The fourth-order valence-electron chi connectivity index (χ4n) is 2.56. The van der Waals surface area contributed by atoms with E-state index in [2.05, 4.69) is 10.2 Å². The third-order valence-corrected chi connectivity index (χ3v) is 4.66. The van der Waals surface area contributed by atoms with Gasteiger partial charge in [-0.2, -0.15) is 0 Å². The summed E-state index contributed by atoms with van der Waals surface area (Å²) in [5.41, 5.74) is 0. The Labute approximate surface area is 129 Å². The van der Waals surface area contributed by atoms with Crippen LogP contribution in [0.1, 0.15) is 17.7 Å². The van der Waals surface area contributed by atoms with E-state index in [9.17, 15) is 9.59 Å². The second-order valence-electron chi connectivity index (χ2n) is 5.64. The minimum atomic E-state index is 0.0563. The standard InChI is InChI=1S/C15H23N3O2S/c1-17(2)15(20)12-5-7-18(8-6-12)11-14(19)16-10-13-4-3-9-21-13/h3-4,9,12H,5-8,10-11H2,1-2H3,(H,16,19). The third kappa shape index (κ3) is 4.82. The van der Waals surface area contributed by atoms with Gasteiger partial charge >= 0.3 is 0 Å². The van der Waals surface area contributed by atoms with Gasteiger partial charge in [0, 0.05) is 24.9 Å². The molecule has 21 heavy (non-hydrogen) atoms. The summed E-state index contributed by atoms with van der Waals surface area (Å²) >= 11 is 1.65. The highest BCUT2D eigenvalue weighted by molar-refractivity contribution is 7.09. The number of thiophene rings is 1. The molecule has 1 aliphatic rings. The van der Waals surface area contributed by atoms with Crippen molar-refractivity contribution in [3.05, 3.63) is 22.4 Å². The van der Waals surface area contributed by atoms with Crippen molar-refractivity contribution in [2.45, 2.75) is 19.4 Å². The lowest BCUT2D eigenvalue weighted by Crippen LogP contribution is -2.44. The summed E-state index contributed by atoms with van der Waals surface area (Å²) in [6.45, 7) is 2.66. The highest BCUT2D eigenvalue weighted by Gasteiger charge is 2.26. The van der Waals surface area contributed by atoms with E-state index >= 15 is 0 Å². The number of carbonyl (C=O) groups is 2. The maximum atomic E-state index is 11.9. The summed E-state index contributed by atoms with van der Waals surface area (Å²) in [7, 11) is 3.60. The normalized spacial score (nSPS) is 16.7. The van der Waals surface area contributed by atoms with Gasteiger partial charge in [0.25, 0.3) is 0 Å². The van der Waals surface area contributed by atoms with Crippen LogP contribution in [0, 0.1) is 5.92 Å². The molecule has 2 heterocycles. The second kappa shape index (κ2) is 7.56. The molecule has 116 valence electrons. The third-order valence-electron chi connectivity index (χ3n) is 3.78. The molecule has 0 radical (unpaired) electrons. The molecule has 1 saturated heterocycles. The molecule has 6 heteroatoms. The van der Waals surface area contributed by atoms with Gasteiger partial charge in [0.15, 0.2) is 0 Å². The molecular formula is C15H23N3O2S. The number of piperidine rings is 1. The summed E-state index contributed by atoms with van der Waals surface area (Å²) in [4.78, 5) is 28.8. The van der Waals surface area contributed by atoms with Gasteiger partial charge in [-0.3, -0.25) is 14.5 Å². The van der Waals surface area contributed by atoms with Gasteiger partial charge < -0.3 is 10.2 Å². The SMILES string of the molecule is CN(C)C(=O)C1CCN(CC(=O)NCc2cccs2)CC1. The first-order valence-corrected chi connectivity index (χ1v) is 8.17. The number of nitrogens with one attached hydrogen (secondary N) is 1. The summed E-state index contributed by atoms with van der Waals surface area (Å²) < 4.78 is 0. The predicted octanol–water partition coefficient (Wildman–Crippen LogP) is 1.16. The first-order chi connectivity index (χ1) is 10.1. The maximum Gasteiger partial charge on any atom is 0.234 e. The minimum Gasteiger partial charge on any atom is -0.350 e. The Hall–Kier alpha value is -1.40. The minimum absolute atomic E-state index is 0.0563. The molecule has 1 aromatic heterocycles. The average molecular weight is 309 g/mol. The van der Waals surface area contributed by atoms with Crippen molar-refractivity contribution in [2.24, 2.45) is 5.92 Å². The average Bonchev–Trinajstić information content (AvgIpc) is 2.98. The van der Waals surface area contributed by atoms with Crippen molar-refractivity contribution in [3.8, 4) is 0 Å². The highest BCUT2D eigenvalue weighted by atomic mass is 32.1. The number of likely N-dealkylation sites (tertiary alicyclic amines) is 1. The van der Waals surface area contributed by atoms with Gasteiger partial charge in [0.1, 0.15) is 0 Å². The van der Waals surface area contributed by atoms with Gasteiger partial charge in [0.05, 0.1) is 13.1 Å². The van der Waals surface area contributed by atoms with Crippen LogP contribution in [0.4, 0.5) is 0 Å². The van der Waals surface area contributed by atoms with Crippen molar-refractivity contribution in [1.29, 1.82) is 0 Å². The van der Waals surface area contributed by atoms with Gasteiger partial charge in [-0.05, 0) is 37.4 Å². The van der Waals surface area contributed by atoms with E-state index in [4.69, 9.17) is 0 Å². The summed E-state index contributed by atoms with van der Waals surface area (Å²) in [5, 5.41) is 4.95. The van der Waals surface area contributed by atoms with E-state index in [0.717, 1.165) is 25.9 Å².